The Hall–Kier alpha value is -1.76. The number of aromatic nitrogens is 3. The van der Waals surface area contributed by atoms with Gasteiger partial charge in [0.2, 0.25) is 11.8 Å². The molecule has 1 unspecified atom stereocenters. The lowest BCUT2D eigenvalue weighted by atomic mass is 10.2. The van der Waals surface area contributed by atoms with Gasteiger partial charge in [0.1, 0.15) is 0 Å². The summed E-state index contributed by atoms with van der Waals surface area (Å²) in [5, 5.41) is 10.5. The average molecular weight is 223 g/mol. The zero-order chi connectivity index (χ0) is 11.7. The second-order valence-corrected chi connectivity index (χ2v) is 3.78. The maximum atomic E-state index is 11.6. The number of carbonyl (C=O) groups is 2. The number of carbonyl (C=O) groups excluding carboxylic acids is 2. The average Bonchev–Trinajstić information content (AvgIpc) is 2.76. The zero-order valence-electron chi connectivity index (χ0n) is 9.17. The van der Waals surface area contributed by atoms with Crippen molar-refractivity contribution < 1.29 is 9.59 Å². The third kappa shape index (κ3) is 1.81. The summed E-state index contributed by atoms with van der Waals surface area (Å²) in [7, 11) is 3.27. The normalized spacial score (nSPS) is 20.9. The zero-order valence-corrected chi connectivity index (χ0v) is 9.17. The van der Waals surface area contributed by atoms with Gasteiger partial charge in [0.25, 0.3) is 0 Å². The first-order chi connectivity index (χ1) is 7.59. The van der Waals surface area contributed by atoms with Crippen LogP contribution >= 0.6 is 0 Å². The minimum atomic E-state index is -0.424. The Kier molecular flexibility index (Phi) is 2.69. The van der Waals surface area contributed by atoms with E-state index < -0.39 is 6.04 Å². The summed E-state index contributed by atoms with van der Waals surface area (Å²) in [6, 6.07) is -0.424. The van der Waals surface area contributed by atoms with Gasteiger partial charge in [-0.1, -0.05) is 5.21 Å². The fraction of sp³-hybridized carbons (Fsp3) is 0.556. The topological polar surface area (TPSA) is 80.1 Å². The van der Waals surface area contributed by atoms with Crippen LogP contribution in [0.25, 0.3) is 0 Å². The molecule has 1 aliphatic rings. The fourth-order valence-corrected chi connectivity index (χ4v) is 1.61. The highest BCUT2D eigenvalue weighted by Crippen LogP contribution is 2.10. The molecule has 7 heteroatoms. The third-order valence-electron chi connectivity index (χ3n) is 2.72. The smallest absolute Gasteiger partial charge is 0.246 e. The van der Waals surface area contributed by atoms with Gasteiger partial charge in [0, 0.05) is 20.6 Å². The molecule has 0 saturated carbocycles. The number of likely N-dealkylation sites (tertiary alicyclic amines) is 1. The van der Waals surface area contributed by atoms with Crippen LogP contribution in [0.2, 0.25) is 0 Å². The molecular formula is C9H13N5O2. The molecule has 16 heavy (non-hydrogen) atoms. The van der Waals surface area contributed by atoms with Gasteiger partial charge in [-0.05, 0) is 0 Å². The van der Waals surface area contributed by atoms with Crippen LogP contribution in [0.1, 0.15) is 12.1 Å². The standard InChI is InChI=1S/C9H13N5O2/c1-13-8(15)3-7(9(13)16)10-4-6-5-11-12-14(6)2/h5,7,10H,3-4H2,1-2H3. The van der Waals surface area contributed by atoms with Gasteiger partial charge in [-0.15, -0.1) is 5.10 Å². The number of hydrogen-bond acceptors (Lipinski definition) is 5. The minimum absolute atomic E-state index is 0.148. The number of nitrogens with one attached hydrogen (secondary N) is 1. The summed E-state index contributed by atoms with van der Waals surface area (Å²) in [4.78, 5) is 24.0. The van der Waals surface area contributed by atoms with Crippen molar-refractivity contribution in [1.82, 2.24) is 25.2 Å². The van der Waals surface area contributed by atoms with E-state index >= 15 is 0 Å². The molecule has 86 valence electrons. The van der Waals surface area contributed by atoms with E-state index in [4.69, 9.17) is 0 Å². The van der Waals surface area contributed by atoms with Crippen molar-refractivity contribution in [3.8, 4) is 0 Å². The highest BCUT2D eigenvalue weighted by atomic mass is 16.2. The van der Waals surface area contributed by atoms with E-state index in [1.807, 2.05) is 0 Å². The lowest BCUT2D eigenvalue weighted by molar-refractivity contribution is -0.137. The molecule has 1 aromatic heterocycles. The maximum absolute atomic E-state index is 11.6. The molecule has 0 radical (unpaired) electrons. The van der Waals surface area contributed by atoms with E-state index in [-0.39, 0.29) is 18.2 Å². The van der Waals surface area contributed by atoms with Crippen LogP contribution in [-0.2, 0) is 23.2 Å². The van der Waals surface area contributed by atoms with Crippen molar-refractivity contribution in [2.45, 2.75) is 19.0 Å². The van der Waals surface area contributed by atoms with E-state index in [1.54, 1.807) is 17.9 Å². The lowest BCUT2D eigenvalue weighted by Gasteiger charge is -2.10. The van der Waals surface area contributed by atoms with Gasteiger partial charge in [-0.25, -0.2) is 0 Å². The maximum Gasteiger partial charge on any atom is 0.246 e. The van der Waals surface area contributed by atoms with Gasteiger partial charge < -0.3 is 0 Å². The first kappa shape index (κ1) is 10.7. The first-order valence-corrected chi connectivity index (χ1v) is 4.97. The van der Waals surface area contributed by atoms with Crippen LogP contribution in [0.3, 0.4) is 0 Å². The van der Waals surface area contributed by atoms with E-state index in [2.05, 4.69) is 15.6 Å². The molecule has 1 saturated heterocycles. The van der Waals surface area contributed by atoms with Gasteiger partial charge >= 0.3 is 0 Å². The number of hydrogen-bond donors (Lipinski definition) is 1. The summed E-state index contributed by atoms with van der Waals surface area (Å²) in [5.41, 5.74) is 0.870. The van der Waals surface area contributed by atoms with Crippen LogP contribution < -0.4 is 5.32 Å². The molecule has 1 atom stereocenters. The number of nitrogens with zero attached hydrogens (tertiary/aromatic N) is 4. The van der Waals surface area contributed by atoms with Crippen molar-refractivity contribution in [2.24, 2.45) is 7.05 Å². The Balaban J connectivity index is 1.95. The van der Waals surface area contributed by atoms with Crippen molar-refractivity contribution in [3.05, 3.63) is 11.9 Å². The number of rotatable bonds is 3. The van der Waals surface area contributed by atoms with Crippen molar-refractivity contribution in [1.29, 1.82) is 0 Å². The number of aryl methyl sites for hydroxylation is 1. The Bertz CT molecular complexity index is 427. The predicted molar refractivity (Wildman–Crippen MR) is 54.0 cm³/mol. The molecule has 0 aromatic carbocycles. The molecule has 1 aromatic rings. The molecule has 7 nitrogen and oxygen atoms in total. The van der Waals surface area contributed by atoms with Gasteiger partial charge in [0.15, 0.2) is 0 Å². The largest absolute Gasteiger partial charge is 0.300 e. The summed E-state index contributed by atoms with van der Waals surface area (Å²) < 4.78 is 1.62. The van der Waals surface area contributed by atoms with Crippen LogP contribution in [0.15, 0.2) is 6.20 Å². The van der Waals surface area contributed by atoms with Gasteiger partial charge in [-0.3, -0.25) is 24.5 Å². The molecule has 0 spiro atoms. The Labute approximate surface area is 92.4 Å². The third-order valence-corrected chi connectivity index (χ3v) is 2.72. The number of imide groups is 1. The molecular weight excluding hydrogens is 210 g/mol. The van der Waals surface area contributed by atoms with Crippen molar-refractivity contribution in [3.63, 3.8) is 0 Å². The van der Waals surface area contributed by atoms with Crippen LogP contribution in [0, 0.1) is 0 Å². The molecule has 1 fully saturated rings. The number of amides is 2. The Morgan fingerprint density at radius 3 is 2.75 bits per heavy atom. The Morgan fingerprint density at radius 1 is 1.50 bits per heavy atom. The molecule has 0 aliphatic carbocycles. The minimum Gasteiger partial charge on any atom is -0.300 e. The van der Waals surface area contributed by atoms with Crippen LogP contribution in [0.5, 0.6) is 0 Å². The van der Waals surface area contributed by atoms with E-state index in [1.165, 1.54) is 7.05 Å². The van der Waals surface area contributed by atoms with Crippen molar-refractivity contribution >= 4 is 11.8 Å². The van der Waals surface area contributed by atoms with Gasteiger partial charge in [-0.2, -0.15) is 0 Å². The molecule has 0 bridgehead atoms. The van der Waals surface area contributed by atoms with Crippen LogP contribution in [0.4, 0.5) is 0 Å². The predicted octanol–water partition coefficient (Wildman–Crippen LogP) is -1.34. The molecule has 1 aliphatic heterocycles. The van der Waals surface area contributed by atoms with E-state index in [0.29, 0.717) is 6.54 Å². The quantitative estimate of drug-likeness (QED) is 0.642. The SMILES string of the molecule is CN1C(=O)CC(NCc2cnnn2C)C1=O. The van der Waals surface area contributed by atoms with Crippen molar-refractivity contribution in [2.75, 3.05) is 7.05 Å². The highest BCUT2D eigenvalue weighted by Gasteiger charge is 2.35. The second kappa shape index (κ2) is 4.01. The lowest BCUT2D eigenvalue weighted by Crippen LogP contribution is -2.37. The molecule has 2 amide bonds. The van der Waals surface area contributed by atoms with E-state index in [0.717, 1.165) is 10.6 Å². The second-order valence-electron chi connectivity index (χ2n) is 3.78. The number of likely N-dealkylation sites (N-methyl/N-ethyl adjacent to an activating group) is 1. The fourth-order valence-electron chi connectivity index (χ4n) is 1.61. The van der Waals surface area contributed by atoms with E-state index in [9.17, 15) is 9.59 Å². The van der Waals surface area contributed by atoms with Gasteiger partial charge in [0.05, 0.1) is 24.4 Å². The first-order valence-electron chi connectivity index (χ1n) is 4.97. The Morgan fingerprint density at radius 2 is 2.25 bits per heavy atom. The summed E-state index contributed by atoms with van der Waals surface area (Å²) in [6.07, 6.45) is 1.85. The molecule has 2 heterocycles. The molecule has 1 N–H and O–H groups in total. The van der Waals surface area contributed by atoms with Crippen LogP contribution in [-0.4, -0.2) is 44.8 Å². The summed E-state index contributed by atoms with van der Waals surface area (Å²) >= 11 is 0. The molecule has 2 rings (SSSR count). The highest BCUT2D eigenvalue weighted by molar-refractivity contribution is 6.05. The monoisotopic (exact) mass is 223 g/mol. The summed E-state index contributed by atoms with van der Waals surface area (Å²) in [6.45, 7) is 0.473. The summed E-state index contributed by atoms with van der Waals surface area (Å²) in [5.74, 6) is -0.328.